The first-order chi connectivity index (χ1) is 12.3. The van der Waals surface area contributed by atoms with Gasteiger partial charge in [0.15, 0.2) is 18.2 Å². The lowest BCUT2D eigenvalue weighted by atomic mass is 10.2. The van der Waals surface area contributed by atoms with Crippen molar-refractivity contribution in [3.8, 4) is 5.75 Å². The number of hydrogen-bond donors (Lipinski definition) is 1. The maximum absolute atomic E-state index is 13.5. The second-order valence-corrected chi connectivity index (χ2v) is 5.98. The molecule has 0 aliphatic rings. The highest BCUT2D eigenvalue weighted by Crippen LogP contribution is 2.17. The molecule has 0 aliphatic carbocycles. The maximum atomic E-state index is 13.5. The number of ether oxygens (including phenoxy) is 1. The van der Waals surface area contributed by atoms with Crippen LogP contribution in [0.2, 0.25) is 0 Å². The number of furan rings is 1. The fraction of sp³-hybridized carbons (Fsp3) is 0.333. The summed E-state index contributed by atoms with van der Waals surface area (Å²) >= 11 is 0. The lowest BCUT2D eigenvalue weighted by molar-refractivity contribution is -0.132. The molecule has 8 heteroatoms. The van der Waals surface area contributed by atoms with Gasteiger partial charge in [0, 0.05) is 25.7 Å². The number of halogens is 2. The van der Waals surface area contributed by atoms with Gasteiger partial charge in [0.1, 0.15) is 12.1 Å². The van der Waals surface area contributed by atoms with Crippen LogP contribution < -0.4 is 10.1 Å². The van der Waals surface area contributed by atoms with E-state index in [-0.39, 0.29) is 24.2 Å². The number of nitrogens with one attached hydrogen (secondary N) is 1. The molecule has 1 aromatic carbocycles. The highest BCUT2D eigenvalue weighted by atomic mass is 19.1. The highest BCUT2D eigenvalue weighted by Gasteiger charge is 2.18. The van der Waals surface area contributed by atoms with Gasteiger partial charge >= 0.3 is 0 Å². The first-order valence-electron chi connectivity index (χ1n) is 7.93. The number of rotatable bonds is 7. The van der Waals surface area contributed by atoms with E-state index in [1.165, 1.54) is 17.4 Å². The van der Waals surface area contributed by atoms with E-state index in [1.807, 2.05) is 0 Å². The first kappa shape index (κ1) is 19.4. The van der Waals surface area contributed by atoms with Gasteiger partial charge in [-0.25, -0.2) is 8.78 Å². The van der Waals surface area contributed by atoms with Crippen molar-refractivity contribution < 1.29 is 27.5 Å². The van der Waals surface area contributed by atoms with Crippen molar-refractivity contribution in [3.05, 3.63) is 53.5 Å². The summed E-state index contributed by atoms with van der Waals surface area (Å²) in [6.07, 6.45) is 2.83. The maximum Gasteiger partial charge on any atom is 0.260 e. The quantitative estimate of drug-likeness (QED) is 0.817. The van der Waals surface area contributed by atoms with Gasteiger partial charge in [0.2, 0.25) is 0 Å². The molecule has 1 aromatic heterocycles. The number of carbonyl (C=O) groups is 2. The molecule has 0 fully saturated rings. The lowest BCUT2D eigenvalue weighted by Crippen LogP contribution is -2.44. The number of likely N-dealkylation sites (N-methyl/N-ethyl adjacent to an activating group) is 1. The van der Waals surface area contributed by atoms with Crippen molar-refractivity contribution in [3.63, 3.8) is 0 Å². The van der Waals surface area contributed by atoms with Gasteiger partial charge in [0.05, 0.1) is 11.8 Å². The molecular weight excluding hydrogens is 346 g/mol. The Bertz CT molecular complexity index is 791. The van der Waals surface area contributed by atoms with E-state index in [0.29, 0.717) is 17.2 Å². The molecule has 0 saturated heterocycles. The molecule has 6 nitrogen and oxygen atoms in total. The average Bonchev–Trinajstić information content (AvgIpc) is 2.99. The summed E-state index contributed by atoms with van der Waals surface area (Å²) in [4.78, 5) is 25.5. The van der Waals surface area contributed by atoms with Crippen LogP contribution >= 0.6 is 0 Å². The second-order valence-electron chi connectivity index (χ2n) is 5.98. The summed E-state index contributed by atoms with van der Waals surface area (Å²) in [6, 6.07) is 2.52. The fourth-order valence-electron chi connectivity index (χ4n) is 2.29. The predicted octanol–water partition coefficient (Wildman–Crippen LogP) is 2.52. The summed E-state index contributed by atoms with van der Waals surface area (Å²) in [5.74, 6) is -2.51. The minimum absolute atomic E-state index is 0.204. The topological polar surface area (TPSA) is 71.8 Å². The smallest absolute Gasteiger partial charge is 0.260 e. The van der Waals surface area contributed by atoms with E-state index in [4.69, 9.17) is 9.15 Å². The Morgan fingerprint density at radius 1 is 1.31 bits per heavy atom. The molecule has 1 atom stereocenters. The van der Waals surface area contributed by atoms with Crippen LogP contribution in [0.1, 0.15) is 22.8 Å². The third kappa shape index (κ3) is 5.05. The van der Waals surface area contributed by atoms with E-state index in [1.54, 1.807) is 20.9 Å². The van der Waals surface area contributed by atoms with Crippen LogP contribution in [0.25, 0.3) is 0 Å². The Balaban J connectivity index is 1.82. The van der Waals surface area contributed by atoms with Crippen molar-refractivity contribution in [2.24, 2.45) is 0 Å². The van der Waals surface area contributed by atoms with Crippen LogP contribution in [0.4, 0.5) is 8.78 Å². The van der Waals surface area contributed by atoms with Crippen LogP contribution in [0.3, 0.4) is 0 Å². The molecule has 0 radical (unpaired) electrons. The van der Waals surface area contributed by atoms with Crippen molar-refractivity contribution in [2.45, 2.75) is 19.9 Å². The van der Waals surface area contributed by atoms with E-state index >= 15 is 0 Å². The number of aryl methyl sites for hydroxylation is 1. The minimum Gasteiger partial charge on any atom is -0.481 e. The van der Waals surface area contributed by atoms with E-state index in [9.17, 15) is 18.4 Å². The molecule has 1 N–H and O–H groups in total. The predicted molar refractivity (Wildman–Crippen MR) is 89.9 cm³/mol. The van der Waals surface area contributed by atoms with Crippen molar-refractivity contribution in [1.29, 1.82) is 0 Å². The summed E-state index contributed by atoms with van der Waals surface area (Å²) in [5.41, 5.74) is 1.15. The Hall–Kier alpha value is -2.90. The van der Waals surface area contributed by atoms with Crippen LogP contribution in [0.5, 0.6) is 5.75 Å². The number of amides is 2. The largest absolute Gasteiger partial charge is 0.481 e. The van der Waals surface area contributed by atoms with Gasteiger partial charge in [-0.15, -0.1) is 0 Å². The third-order valence-corrected chi connectivity index (χ3v) is 3.70. The molecule has 2 aromatic rings. The normalized spacial score (nSPS) is 11.7. The Morgan fingerprint density at radius 3 is 2.65 bits per heavy atom. The summed E-state index contributed by atoms with van der Waals surface area (Å²) < 4.78 is 36.4. The second kappa shape index (κ2) is 8.46. The standard InChI is InChI=1S/C18H20F2N2O4/c1-11-8-25-9-14(11)18(24)21-12(2)7-22(3)17(23)10-26-16-5-4-13(19)6-15(16)20/h4-6,8-9,12H,7,10H2,1-3H3,(H,21,24). The molecule has 2 amide bonds. The van der Waals surface area contributed by atoms with Crippen molar-refractivity contribution in [1.82, 2.24) is 10.2 Å². The molecule has 0 spiro atoms. The molecule has 0 bridgehead atoms. The molecule has 140 valence electrons. The Morgan fingerprint density at radius 2 is 2.04 bits per heavy atom. The van der Waals surface area contributed by atoms with Gasteiger partial charge in [-0.05, 0) is 31.5 Å². The zero-order valence-corrected chi connectivity index (χ0v) is 14.7. The minimum atomic E-state index is -0.878. The molecule has 0 saturated carbocycles. The molecule has 2 rings (SSSR count). The molecular formula is C18H20F2N2O4. The van der Waals surface area contributed by atoms with Crippen LogP contribution in [0, 0.1) is 18.6 Å². The van der Waals surface area contributed by atoms with Crippen LogP contribution in [-0.4, -0.2) is 43.0 Å². The Labute approximate surface area is 149 Å². The molecule has 26 heavy (non-hydrogen) atoms. The first-order valence-corrected chi connectivity index (χ1v) is 7.93. The fourth-order valence-corrected chi connectivity index (χ4v) is 2.29. The van der Waals surface area contributed by atoms with E-state index in [2.05, 4.69) is 5.32 Å². The zero-order valence-electron chi connectivity index (χ0n) is 14.7. The molecule has 0 aliphatic heterocycles. The number of benzene rings is 1. The van der Waals surface area contributed by atoms with Gasteiger partial charge in [0.25, 0.3) is 11.8 Å². The molecule has 1 heterocycles. The summed E-state index contributed by atoms with van der Waals surface area (Å²) in [7, 11) is 1.54. The van der Waals surface area contributed by atoms with Crippen LogP contribution in [-0.2, 0) is 4.79 Å². The zero-order chi connectivity index (χ0) is 19.3. The Kier molecular flexibility index (Phi) is 6.32. The number of nitrogens with zero attached hydrogens (tertiary/aromatic N) is 1. The lowest BCUT2D eigenvalue weighted by Gasteiger charge is -2.22. The van der Waals surface area contributed by atoms with Gasteiger partial charge in [-0.2, -0.15) is 0 Å². The summed E-state index contributed by atoms with van der Waals surface area (Å²) in [5, 5.41) is 2.76. The van der Waals surface area contributed by atoms with Crippen molar-refractivity contribution >= 4 is 11.8 Å². The molecule has 1 unspecified atom stereocenters. The summed E-state index contributed by atoms with van der Waals surface area (Å²) in [6.45, 7) is 3.33. The van der Waals surface area contributed by atoms with Gasteiger partial charge < -0.3 is 19.4 Å². The average molecular weight is 366 g/mol. The van der Waals surface area contributed by atoms with Crippen LogP contribution in [0.15, 0.2) is 35.1 Å². The van der Waals surface area contributed by atoms with Gasteiger partial charge in [-0.3, -0.25) is 9.59 Å². The van der Waals surface area contributed by atoms with E-state index < -0.39 is 24.1 Å². The van der Waals surface area contributed by atoms with E-state index in [0.717, 1.165) is 12.1 Å². The van der Waals surface area contributed by atoms with Gasteiger partial charge in [-0.1, -0.05) is 0 Å². The SMILES string of the molecule is Cc1cocc1C(=O)NC(C)CN(C)C(=O)COc1ccc(F)cc1F. The third-order valence-electron chi connectivity index (χ3n) is 3.70. The highest BCUT2D eigenvalue weighted by molar-refractivity contribution is 5.95. The number of carbonyl (C=O) groups excluding carboxylic acids is 2. The number of hydrogen-bond acceptors (Lipinski definition) is 4. The van der Waals surface area contributed by atoms with Crippen molar-refractivity contribution in [2.75, 3.05) is 20.2 Å². The monoisotopic (exact) mass is 366 g/mol.